The van der Waals surface area contributed by atoms with E-state index in [1.165, 1.54) is 0 Å². The summed E-state index contributed by atoms with van der Waals surface area (Å²) in [6.45, 7) is 0. The third-order valence-corrected chi connectivity index (χ3v) is 12.2. The molecule has 4 aromatic carbocycles. The average molecular weight is 777 g/mol. The van der Waals surface area contributed by atoms with Crippen molar-refractivity contribution in [3.8, 4) is 34.6 Å². The van der Waals surface area contributed by atoms with Gasteiger partial charge in [-0.05, 0) is 72.8 Å². The van der Waals surface area contributed by atoms with E-state index >= 15 is 0 Å². The summed E-state index contributed by atoms with van der Waals surface area (Å²) in [6.07, 6.45) is 15.4. The summed E-state index contributed by atoms with van der Waals surface area (Å²) in [6, 6.07) is 34.0. The molecule has 12 bridgehead atoms. The van der Waals surface area contributed by atoms with Gasteiger partial charge < -0.3 is 18.2 Å². The van der Waals surface area contributed by atoms with Crippen LogP contribution in [0.1, 0.15) is 0 Å². The van der Waals surface area contributed by atoms with Gasteiger partial charge in [-0.2, -0.15) is 0 Å². The molecule has 0 N–H and O–H groups in total. The van der Waals surface area contributed by atoms with E-state index in [-0.39, 0.29) is 0 Å². The molecule has 10 aromatic heterocycles. The number of fused-ring (bicyclic) bond motifs is 2. The van der Waals surface area contributed by atoms with Crippen LogP contribution in [0.5, 0.6) is 0 Å². The van der Waals surface area contributed by atoms with Crippen molar-refractivity contribution in [1.29, 1.82) is 0 Å². The summed E-state index contributed by atoms with van der Waals surface area (Å²) in [4.78, 5) is 20.3. The molecule has 20 heterocycles. The number of aromatic nitrogens is 12. The van der Waals surface area contributed by atoms with E-state index in [2.05, 4.69) is 129 Å². The van der Waals surface area contributed by atoms with Crippen LogP contribution >= 0.6 is 0 Å². The van der Waals surface area contributed by atoms with Crippen LogP contribution < -0.4 is 0 Å². The second kappa shape index (κ2) is 10.6. The molecule has 14 heteroatoms. The lowest BCUT2D eigenvalue weighted by atomic mass is 10.2. The third-order valence-electron chi connectivity index (χ3n) is 12.2. The third kappa shape index (κ3) is 3.73. The minimum absolute atomic E-state index is 0.510. The number of hydrogen-bond acceptors (Lipinski definition) is 8. The van der Waals surface area contributed by atoms with Crippen molar-refractivity contribution in [3.05, 3.63) is 147 Å². The van der Waals surface area contributed by atoms with E-state index in [0.29, 0.717) is 23.3 Å². The van der Waals surface area contributed by atoms with Gasteiger partial charge >= 0.3 is 0 Å². The van der Waals surface area contributed by atoms with E-state index in [1.807, 2.05) is 43.1 Å². The summed E-state index contributed by atoms with van der Waals surface area (Å²) in [5.41, 5.74) is 12.2. The van der Waals surface area contributed by atoms with Gasteiger partial charge in [0.25, 0.3) is 0 Å². The van der Waals surface area contributed by atoms with Crippen molar-refractivity contribution in [2.45, 2.75) is 0 Å². The highest BCUT2D eigenvalue weighted by Gasteiger charge is 2.23. The molecule has 0 aliphatic carbocycles. The van der Waals surface area contributed by atoms with Crippen molar-refractivity contribution in [3.63, 3.8) is 0 Å². The predicted octanol–water partition coefficient (Wildman–Crippen LogP) is 9.53. The van der Waals surface area contributed by atoms with Gasteiger partial charge in [0.05, 0.1) is 68.7 Å². The van der Waals surface area contributed by atoms with Crippen LogP contribution in [0.25, 0.3) is 123 Å². The fourth-order valence-electron chi connectivity index (χ4n) is 9.51. The van der Waals surface area contributed by atoms with Crippen molar-refractivity contribution in [1.82, 2.24) is 57.7 Å². The summed E-state index contributed by atoms with van der Waals surface area (Å²) in [7, 11) is 0. The summed E-state index contributed by atoms with van der Waals surface area (Å²) in [5, 5.41) is 14.3. The zero-order valence-electron chi connectivity index (χ0n) is 31.0. The lowest BCUT2D eigenvalue weighted by molar-refractivity contribution is 0.444. The Labute approximate surface area is 334 Å². The fraction of sp³-hybridized carbons (Fsp3) is 0. The van der Waals surface area contributed by atoms with E-state index in [4.69, 9.17) is 29.0 Å². The first-order chi connectivity index (χ1) is 29.7. The van der Waals surface area contributed by atoms with Crippen molar-refractivity contribution in [2.75, 3.05) is 0 Å². The average Bonchev–Trinajstić information content (AvgIpc) is 4.14. The first-order valence-electron chi connectivity index (χ1n) is 19.4. The molecule has 0 radical (unpaired) electrons. The van der Waals surface area contributed by atoms with E-state index in [1.54, 1.807) is 12.4 Å². The number of hydrogen-bond donors (Lipinski definition) is 0. The predicted molar refractivity (Wildman–Crippen MR) is 227 cm³/mol. The highest BCUT2D eigenvalue weighted by Crippen LogP contribution is 2.37. The summed E-state index contributed by atoms with van der Waals surface area (Å²) >= 11 is 0. The molecule has 0 amide bonds. The maximum atomic E-state index is 5.91. The van der Waals surface area contributed by atoms with Gasteiger partial charge in [0.1, 0.15) is 11.0 Å². The van der Waals surface area contributed by atoms with Crippen LogP contribution in [0.15, 0.2) is 156 Å². The molecule has 0 fully saturated rings. The van der Waals surface area contributed by atoms with Crippen LogP contribution in [-0.2, 0) is 0 Å². The maximum absolute atomic E-state index is 5.91. The standard InChI is InChI=1S/C46H24N12O2/c1-2-26-14-18-54-30-7-11-32(12-8-30)58-36-24-48-46(52-38(36)34-22-50-60-44(34)58)56-20-16-28-4-3-27-15-19-55(41(27)42(28)56)45-47-23-35-37(51-45)33-21-49-59-43(33)57(35)31-9-5-29(6-10-31)53-17-13-25(1)39(53)40(26)54/h1-24H. The zero-order chi connectivity index (χ0) is 38.8. The molecule has 10 aliphatic heterocycles. The molecule has 24 rings (SSSR count). The Balaban J connectivity index is 1.04. The molecule has 14 nitrogen and oxygen atoms in total. The Hall–Kier alpha value is -8.78. The van der Waals surface area contributed by atoms with Crippen molar-refractivity contribution < 1.29 is 9.05 Å². The van der Waals surface area contributed by atoms with Gasteiger partial charge in [-0.3, -0.25) is 18.3 Å². The molecule has 14 aromatic rings. The molecular weight excluding hydrogens is 753 g/mol. The fourth-order valence-corrected chi connectivity index (χ4v) is 9.51. The van der Waals surface area contributed by atoms with Crippen LogP contribution in [0, 0.1) is 0 Å². The zero-order valence-corrected chi connectivity index (χ0v) is 31.0. The largest absolute Gasteiger partial charge is 0.337 e. The highest BCUT2D eigenvalue weighted by atomic mass is 16.5. The quantitative estimate of drug-likeness (QED) is 0.149. The Kier molecular flexibility index (Phi) is 5.36. The molecule has 280 valence electrons. The van der Waals surface area contributed by atoms with Crippen LogP contribution in [0.4, 0.5) is 0 Å². The molecule has 10 aliphatic rings. The Morgan fingerprint density at radius 2 is 0.733 bits per heavy atom. The summed E-state index contributed by atoms with van der Waals surface area (Å²) in [5.74, 6) is 1.02. The SMILES string of the molecule is c1cc2ccc1-n1ccc3ccc4ccn(c4c31)-c1ccc(cc1)-n1c3cnc(nc3c3cnoc31)-n1ccc3ccc4ccn(c4c31)-c1ncc3c(n1)c1cnoc1n3-2. The van der Waals surface area contributed by atoms with Gasteiger partial charge in [0.2, 0.25) is 23.3 Å². The monoisotopic (exact) mass is 776 g/mol. The molecule has 60 heavy (non-hydrogen) atoms. The lowest BCUT2D eigenvalue weighted by Gasteiger charge is -2.13. The number of rotatable bonds is 0. The normalized spacial score (nSPS) is 12.7. The molecule has 0 saturated carbocycles. The molecule has 0 unspecified atom stereocenters. The molecule has 0 spiro atoms. The minimum atomic E-state index is 0.510. The molecule has 0 atom stereocenters. The lowest BCUT2D eigenvalue weighted by Crippen LogP contribution is -2.04. The van der Waals surface area contributed by atoms with Crippen LogP contribution in [-0.4, -0.2) is 57.7 Å². The van der Waals surface area contributed by atoms with Crippen LogP contribution in [0.2, 0.25) is 0 Å². The van der Waals surface area contributed by atoms with E-state index in [0.717, 1.165) is 99.2 Å². The number of nitrogens with zero attached hydrogens (tertiary/aromatic N) is 12. The Morgan fingerprint density at radius 3 is 1.15 bits per heavy atom. The van der Waals surface area contributed by atoms with Gasteiger partial charge in [0, 0.05) is 69.1 Å². The van der Waals surface area contributed by atoms with E-state index in [9.17, 15) is 0 Å². The number of benzene rings is 4. The Morgan fingerprint density at radius 1 is 0.367 bits per heavy atom. The van der Waals surface area contributed by atoms with Crippen molar-refractivity contribution >= 4 is 87.9 Å². The summed E-state index contributed by atoms with van der Waals surface area (Å²) < 4.78 is 24.4. The topological polar surface area (TPSA) is 133 Å². The molecule has 0 saturated heterocycles. The first kappa shape index (κ1) is 30.4. The van der Waals surface area contributed by atoms with Crippen molar-refractivity contribution in [2.24, 2.45) is 0 Å². The van der Waals surface area contributed by atoms with Gasteiger partial charge in [-0.25, -0.2) is 19.9 Å². The maximum Gasteiger partial charge on any atom is 0.245 e. The molecular formula is C46H24N12O2. The van der Waals surface area contributed by atoms with Crippen LogP contribution in [0.3, 0.4) is 0 Å². The highest BCUT2D eigenvalue weighted by molar-refractivity contribution is 6.09. The second-order valence-electron chi connectivity index (χ2n) is 15.2. The first-order valence-corrected chi connectivity index (χ1v) is 19.4. The van der Waals surface area contributed by atoms with Gasteiger partial charge in [-0.1, -0.05) is 34.6 Å². The smallest absolute Gasteiger partial charge is 0.245 e. The second-order valence-corrected chi connectivity index (χ2v) is 15.2. The Bertz CT molecular complexity index is 3860. The van der Waals surface area contributed by atoms with E-state index < -0.39 is 0 Å². The minimum Gasteiger partial charge on any atom is -0.337 e. The van der Waals surface area contributed by atoms with Gasteiger partial charge in [-0.15, -0.1) is 0 Å². The van der Waals surface area contributed by atoms with Gasteiger partial charge in [0.15, 0.2) is 0 Å².